The second kappa shape index (κ2) is 9.62. The first-order valence-corrected chi connectivity index (χ1v) is 11.7. The van der Waals surface area contributed by atoms with E-state index in [4.69, 9.17) is 4.42 Å². The number of carbonyl (C=O) groups is 1. The number of carbonyl (C=O) groups excluding carboxylic acids is 1. The normalized spacial score (nSPS) is 14.6. The number of furan rings is 1. The van der Waals surface area contributed by atoms with Gasteiger partial charge in [0.15, 0.2) is 0 Å². The number of hydrogen-bond donors (Lipinski definition) is 1. The Kier molecular flexibility index (Phi) is 6.38. The standard InChI is InChI=1S/C27H26F3N3O2/c28-27(29,30)23-6-3-19(4-7-23)26(34)33(14-13-32-11-1-2-12-32)17-24-16-22(18-35-24)20-5-8-25-21(15-20)9-10-31-25/h3-10,15-16,18,31H,1-2,11-14,17H2. The maximum absolute atomic E-state index is 13.3. The van der Waals surface area contributed by atoms with E-state index >= 15 is 0 Å². The van der Waals surface area contributed by atoms with Crippen molar-refractivity contribution in [3.8, 4) is 11.1 Å². The van der Waals surface area contributed by atoms with Gasteiger partial charge in [-0.05, 0) is 85.4 Å². The van der Waals surface area contributed by atoms with Crippen molar-refractivity contribution < 1.29 is 22.4 Å². The van der Waals surface area contributed by atoms with Gasteiger partial charge in [-0.3, -0.25) is 4.79 Å². The third-order valence-corrected chi connectivity index (χ3v) is 6.52. The summed E-state index contributed by atoms with van der Waals surface area (Å²) in [6, 6.07) is 14.4. The average molecular weight is 482 g/mol. The predicted molar refractivity (Wildman–Crippen MR) is 128 cm³/mol. The highest BCUT2D eigenvalue weighted by atomic mass is 19.4. The summed E-state index contributed by atoms with van der Waals surface area (Å²) in [4.78, 5) is 20.4. The number of alkyl halides is 3. The van der Waals surface area contributed by atoms with Gasteiger partial charge in [-0.15, -0.1) is 0 Å². The molecule has 8 heteroatoms. The van der Waals surface area contributed by atoms with Gasteiger partial charge in [0.2, 0.25) is 0 Å². The van der Waals surface area contributed by atoms with Crippen LogP contribution in [0, 0.1) is 0 Å². The van der Waals surface area contributed by atoms with Crippen LogP contribution in [-0.4, -0.2) is 46.9 Å². The molecule has 35 heavy (non-hydrogen) atoms. The lowest BCUT2D eigenvalue weighted by Crippen LogP contribution is -2.37. The Morgan fingerprint density at radius 2 is 1.77 bits per heavy atom. The molecule has 0 radical (unpaired) electrons. The van der Waals surface area contributed by atoms with Crippen LogP contribution in [0.4, 0.5) is 13.2 Å². The topological polar surface area (TPSA) is 52.5 Å². The Hall–Kier alpha value is -3.52. The second-order valence-corrected chi connectivity index (χ2v) is 8.93. The van der Waals surface area contributed by atoms with Crippen molar-refractivity contribution in [2.24, 2.45) is 0 Å². The number of amides is 1. The molecule has 0 saturated carbocycles. The van der Waals surface area contributed by atoms with E-state index in [9.17, 15) is 18.0 Å². The molecule has 1 aliphatic heterocycles. The van der Waals surface area contributed by atoms with Crippen molar-refractivity contribution in [3.05, 3.63) is 83.9 Å². The highest BCUT2D eigenvalue weighted by Gasteiger charge is 2.30. The van der Waals surface area contributed by atoms with E-state index in [1.165, 1.54) is 12.1 Å². The predicted octanol–water partition coefficient (Wildman–Crippen LogP) is 6.18. The zero-order valence-corrected chi connectivity index (χ0v) is 19.1. The summed E-state index contributed by atoms with van der Waals surface area (Å²) in [6.45, 7) is 3.40. The molecule has 1 saturated heterocycles. The average Bonchev–Trinajstić information content (AvgIpc) is 3.62. The number of rotatable bonds is 7. The molecule has 2 aromatic heterocycles. The van der Waals surface area contributed by atoms with E-state index in [0.29, 0.717) is 18.8 Å². The molecular formula is C27H26F3N3O2. The zero-order valence-electron chi connectivity index (χ0n) is 19.1. The van der Waals surface area contributed by atoms with E-state index in [1.54, 1.807) is 11.2 Å². The lowest BCUT2D eigenvalue weighted by atomic mass is 10.1. The molecule has 182 valence electrons. The van der Waals surface area contributed by atoms with Gasteiger partial charge >= 0.3 is 6.18 Å². The van der Waals surface area contributed by atoms with Crippen LogP contribution >= 0.6 is 0 Å². The molecule has 0 aliphatic carbocycles. The van der Waals surface area contributed by atoms with E-state index in [2.05, 4.69) is 16.0 Å². The van der Waals surface area contributed by atoms with E-state index < -0.39 is 11.7 Å². The number of H-pyrrole nitrogens is 1. The molecule has 5 rings (SSSR count). The van der Waals surface area contributed by atoms with Crippen molar-refractivity contribution in [1.82, 2.24) is 14.8 Å². The Morgan fingerprint density at radius 1 is 1.00 bits per heavy atom. The van der Waals surface area contributed by atoms with Crippen molar-refractivity contribution in [2.75, 3.05) is 26.2 Å². The fourth-order valence-corrected chi connectivity index (χ4v) is 4.54. The summed E-state index contributed by atoms with van der Waals surface area (Å²) in [5, 5.41) is 1.09. The number of hydrogen-bond acceptors (Lipinski definition) is 3. The van der Waals surface area contributed by atoms with Crippen molar-refractivity contribution in [3.63, 3.8) is 0 Å². The molecule has 0 atom stereocenters. The third-order valence-electron chi connectivity index (χ3n) is 6.52. The van der Waals surface area contributed by atoms with Crippen LogP contribution in [0.3, 0.4) is 0 Å². The number of nitrogens with zero attached hydrogens (tertiary/aromatic N) is 2. The number of benzene rings is 2. The van der Waals surface area contributed by atoms with Gasteiger partial charge in [0, 0.05) is 35.9 Å². The minimum absolute atomic E-state index is 0.226. The van der Waals surface area contributed by atoms with Gasteiger partial charge in [-0.2, -0.15) is 13.2 Å². The zero-order chi connectivity index (χ0) is 24.4. The Morgan fingerprint density at radius 3 is 2.51 bits per heavy atom. The number of nitrogens with one attached hydrogen (secondary N) is 1. The first-order chi connectivity index (χ1) is 16.9. The van der Waals surface area contributed by atoms with Crippen LogP contribution in [0.5, 0.6) is 0 Å². The van der Waals surface area contributed by atoms with Gasteiger partial charge in [0.25, 0.3) is 5.91 Å². The maximum Gasteiger partial charge on any atom is 0.416 e. The van der Waals surface area contributed by atoms with Gasteiger partial charge in [-0.1, -0.05) is 6.07 Å². The summed E-state index contributed by atoms with van der Waals surface area (Å²) in [7, 11) is 0. The molecule has 0 spiro atoms. The van der Waals surface area contributed by atoms with Crippen LogP contribution in [0.15, 0.2) is 71.5 Å². The summed E-state index contributed by atoms with van der Waals surface area (Å²) >= 11 is 0. The molecule has 1 aliphatic rings. The molecular weight excluding hydrogens is 455 g/mol. The van der Waals surface area contributed by atoms with Gasteiger partial charge in [-0.25, -0.2) is 0 Å². The van der Waals surface area contributed by atoms with E-state index in [0.717, 1.165) is 60.1 Å². The SMILES string of the molecule is O=C(c1ccc(C(F)(F)F)cc1)N(CCN1CCCC1)Cc1cc(-c2ccc3[nH]ccc3c2)co1. The lowest BCUT2D eigenvalue weighted by molar-refractivity contribution is -0.137. The van der Waals surface area contributed by atoms with Crippen LogP contribution in [0.1, 0.15) is 34.5 Å². The monoisotopic (exact) mass is 481 g/mol. The Balaban J connectivity index is 1.35. The molecule has 1 amide bonds. The highest BCUT2D eigenvalue weighted by molar-refractivity contribution is 5.94. The van der Waals surface area contributed by atoms with Gasteiger partial charge in [0.05, 0.1) is 18.4 Å². The fraction of sp³-hybridized carbons (Fsp3) is 0.296. The largest absolute Gasteiger partial charge is 0.467 e. The Labute approximate surface area is 201 Å². The molecule has 1 N–H and O–H groups in total. The van der Waals surface area contributed by atoms with Crippen molar-refractivity contribution in [1.29, 1.82) is 0 Å². The fourth-order valence-electron chi connectivity index (χ4n) is 4.54. The van der Waals surface area contributed by atoms with Gasteiger partial charge in [0.1, 0.15) is 5.76 Å². The van der Waals surface area contributed by atoms with Crippen LogP contribution in [0.2, 0.25) is 0 Å². The lowest BCUT2D eigenvalue weighted by Gasteiger charge is -2.25. The maximum atomic E-state index is 13.3. The van der Waals surface area contributed by atoms with Crippen LogP contribution in [0.25, 0.3) is 22.0 Å². The quantitative estimate of drug-likeness (QED) is 0.343. The molecule has 0 bridgehead atoms. The summed E-state index contributed by atoms with van der Waals surface area (Å²) < 4.78 is 44.7. The van der Waals surface area contributed by atoms with Crippen molar-refractivity contribution >= 4 is 16.8 Å². The number of aromatic amines is 1. The molecule has 0 unspecified atom stereocenters. The molecule has 4 aromatic rings. The molecule has 2 aromatic carbocycles. The van der Waals surface area contributed by atoms with Crippen LogP contribution < -0.4 is 0 Å². The van der Waals surface area contributed by atoms with Gasteiger partial charge < -0.3 is 19.2 Å². The summed E-state index contributed by atoms with van der Waals surface area (Å²) in [6.07, 6.45) is 1.40. The Bertz CT molecular complexity index is 1300. The number of fused-ring (bicyclic) bond motifs is 1. The van der Waals surface area contributed by atoms with E-state index in [1.807, 2.05) is 30.5 Å². The number of aromatic nitrogens is 1. The van der Waals surface area contributed by atoms with Crippen molar-refractivity contribution in [2.45, 2.75) is 25.6 Å². The van der Waals surface area contributed by atoms with Crippen LogP contribution in [-0.2, 0) is 12.7 Å². The summed E-state index contributed by atoms with van der Waals surface area (Å²) in [5.41, 5.74) is 2.42. The smallest absolute Gasteiger partial charge is 0.416 e. The first-order valence-electron chi connectivity index (χ1n) is 11.7. The summed E-state index contributed by atoms with van der Waals surface area (Å²) in [5.74, 6) is 0.306. The molecule has 3 heterocycles. The number of halogens is 3. The minimum Gasteiger partial charge on any atom is -0.467 e. The third kappa shape index (κ3) is 5.27. The molecule has 5 nitrogen and oxygen atoms in total. The second-order valence-electron chi connectivity index (χ2n) is 8.93. The highest BCUT2D eigenvalue weighted by Crippen LogP contribution is 2.30. The molecule has 1 fully saturated rings. The van der Waals surface area contributed by atoms with E-state index in [-0.39, 0.29) is 18.0 Å². The first kappa shape index (κ1) is 23.2. The number of likely N-dealkylation sites (tertiary alicyclic amines) is 1. The minimum atomic E-state index is -4.44.